The number of hydrogen-bond acceptors (Lipinski definition) is 6. The number of carbonyl (C=O) groups excluding carboxylic acids is 1. The van der Waals surface area contributed by atoms with Crippen molar-refractivity contribution in [3.8, 4) is 0 Å². The van der Waals surface area contributed by atoms with E-state index in [-0.39, 0.29) is 11.9 Å². The van der Waals surface area contributed by atoms with Crippen molar-refractivity contribution in [1.29, 1.82) is 0 Å². The number of urea groups is 1. The molecule has 4 rings (SSSR count). The van der Waals surface area contributed by atoms with Crippen molar-refractivity contribution in [3.63, 3.8) is 0 Å². The molecule has 140 valence electrons. The number of amides is 2. The van der Waals surface area contributed by atoms with E-state index in [1.807, 2.05) is 22.4 Å². The number of rotatable bonds is 6. The first-order chi connectivity index (χ1) is 12.7. The zero-order valence-electron chi connectivity index (χ0n) is 14.6. The molecule has 8 heteroatoms. The minimum Gasteiger partial charge on any atom is -0.387 e. The summed E-state index contributed by atoms with van der Waals surface area (Å²) < 4.78 is 5.22. The highest BCUT2D eigenvalue weighted by molar-refractivity contribution is 7.10. The molecule has 3 heterocycles. The summed E-state index contributed by atoms with van der Waals surface area (Å²) in [6.45, 7) is 1.83. The third kappa shape index (κ3) is 4.07. The van der Waals surface area contributed by atoms with Crippen molar-refractivity contribution in [2.75, 3.05) is 19.6 Å². The minimum absolute atomic E-state index is 0.0593. The molecule has 2 aromatic heterocycles. The van der Waals surface area contributed by atoms with Gasteiger partial charge in [0.15, 0.2) is 5.82 Å². The SMILES string of the molecule is O=C(NCCc1nc(C2CC2)no1)N1CCC([C@@H](O)c2cccs2)CC1. The van der Waals surface area contributed by atoms with E-state index in [9.17, 15) is 9.90 Å². The molecule has 2 fully saturated rings. The average Bonchev–Trinajstić information content (AvgIpc) is 3.18. The van der Waals surface area contributed by atoms with Crippen LogP contribution < -0.4 is 5.32 Å². The smallest absolute Gasteiger partial charge is 0.317 e. The molecule has 0 spiro atoms. The van der Waals surface area contributed by atoms with Gasteiger partial charge in [-0.3, -0.25) is 0 Å². The van der Waals surface area contributed by atoms with E-state index >= 15 is 0 Å². The lowest BCUT2D eigenvalue weighted by molar-refractivity contribution is 0.0690. The van der Waals surface area contributed by atoms with Gasteiger partial charge in [0.1, 0.15) is 0 Å². The highest BCUT2D eigenvalue weighted by Gasteiger charge is 2.30. The molecule has 1 saturated carbocycles. The Morgan fingerprint density at radius 1 is 1.38 bits per heavy atom. The van der Waals surface area contributed by atoms with Crippen LogP contribution in [0, 0.1) is 5.92 Å². The second-order valence-electron chi connectivity index (χ2n) is 7.09. The van der Waals surface area contributed by atoms with Crippen LogP contribution in [0.4, 0.5) is 4.79 Å². The number of carbonyl (C=O) groups is 1. The Kier molecular flexibility index (Phi) is 5.21. The molecule has 2 amide bonds. The maximum absolute atomic E-state index is 12.3. The zero-order valence-corrected chi connectivity index (χ0v) is 15.5. The Bertz CT molecular complexity index is 721. The van der Waals surface area contributed by atoms with Gasteiger partial charge < -0.3 is 19.8 Å². The largest absolute Gasteiger partial charge is 0.387 e. The lowest BCUT2D eigenvalue weighted by atomic mass is 9.90. The van der Waals surface area contributed by atoms with Gasteiger partial charge in [0.05, 0.1) is 6.10 Å². The van der Waals surface area contributed by atoms with E-state index in [1.54, 1.807) is 11.3 Å². The number of likely N-dealkylation sites (tertiary alicyclic amines) is 1. The maximum Gasteiger partial charge on any atom is 0.317 e. The first-order valence-corrected chi connectivity index (χ1v) is 10.2. The summed E-state index contributed by atoms with van der Waals surface area (Å²) in [6.07, 6.45) is 4.07. The molecule has 1 saturated heterocycles. The molecule has 0 unspecified atom stereocenters. The van der Waals surface area contributed by atoms with Crippen LogP contribution in [0.25, 0.3) is 0 Å². The molecule has 7 nitrogen and oxygen atoms in total. The van der Waals surface area contributed by atoms with Crippen molar-refractivity contribution < 1.29 is 14.4 Å². The summed E-state index contributed by atoms with van der Waals surface area (Å²) in [5.74, 6) is 2.09. The summed E-state index contributed by atoms with van der Waals surface area (Å²) in [6, 6.07) is 3.87. The predicted molar refractivity (Wildman–Crippen MR) is 97.0 cm³/mol. The number of aliphatic hydroxyl groups is 1. The first kappa shape index (κ1) is 17.5. The summed E-state index contributed by atoms with van der Waals surface area (Å²) in [4.78, 5) is 19.5. The molecular weight excluding hydrogens is 352 g/mol. The molecule has 2 aromatic rings. The number of aromatic nitrogens is 2. The molecule has 1 aliphatic heterocycles. The summed E-state index contributed by atoms with van der Waals surface area (Å²) in [7, 11) is 0. The molecule has 2 N–H and O–H groups in total. The van der Waals surface area contributed by atoms with Crippen molar-refractivity contribution in [1.82, 2.24) is 20.4 Å². The van der Waals surface area contributed by atoms with Gasteiger partial charge in [0.25, 0.3) is 0 Å². The minimum atomic E-state index is -0.418. The van der Waals surface area contributed by atoms with Crippen molar-refractivity contribution in [2.24, 2.45) is 5.92 Å². The lowest BCUT2D eigenvalue weighted by Crippen LogP contribution is -2.45. The third-order valence-electron chi connectivity index (χ3n) is 5.15. The monoisotopic (exact) mass is 376 g/mol. The Balaban J connectivity index is 1.18. The predicted octanol–water partition coefficient (Wildman–Crippen LogP) is 2.71. The van der Waals surface area contributed by atoms with Gasteiger partial charge in [-0.2, -0.15) is 4.98 Å². The van der Waals surface area contributed by atoms with Gasteiger partial charge in [0, 0.05) is 36.9 Å². The van der Waals surface area contributed by atoms with Gasteiger partial charge >= 0.3 is 6.03 Å². The lowest BCUT2D eigenvalue weighted by Gasteiger charge is -2.34. The molecule has 0 bridgehead atoms. The van der Waals surface area contributed by atoms with E-state index in [0.29, 0.717) is 37.9 Å². The fraction of sp³-hybridized carbons (Fsp3) is 0.611. The topological polar surface area (TPSA) is 91.5 Å². The number of thiophene rings is 1. The van der Waals surface area contributed by atoms with Crippen molar-refractivity contribution in [3.05, 3.63) is 34.1 Å². The number of nitrogens with zero attached hydrogens (tertiary/aromatic N) is 3. The van der Waals surface area contributed by atoms with Crippen LogP contribution in [0.2, 0.25) is 0 Å². The fourth-order valence-corrected chi connectivity index (χ4v) is 4.18. The van der Waals surface area contributed by atoms with Crippen molar-refractivity contribution in [2.45, 2.75) is 44.1 Å². The van der Waals surface area contributed by atoms with E-state index in [1.165, 1.54) is 0 Å². The summed E-state index contributed by atoms with van der Waals surface area (Å²) in [5.41, 5.74) is 0. The quantitative estimate of drug-likeness (QED) is 0.809. The van der Waals surface area contributed by atoms with Crippen LogP contribution in [-0.4, -0.2) is 45.8 Å². The van der Waals surface area contributed by atoms with Crippen LogP contribution in [0.5, 0.6) is 0 Å². The van der Waals surface area contributed by atoms with Crippen LogP contribution in [0.1, 0.15) is 54.3 Å². The molecule has 0 aromatic carbocycles. The number of piperidine rings is 1. The van der Waals surface area contributed by atoms with E-state index in [2.05, 4.69) is 15.5 Å². The van der Waals surface area contributed by atoms with E-state index < -0.39 is 6.10 Å². The maximum atomic E-state index is 12.3. The van der Waals surface area contributed by atoms with Crippen LogP contribution in [0.3, 0.4) is 0 Å². The van der Waals surface area contributed by atoms with Crippen LogP contribution in [-0.2, 0) is 6.42 Å². The van der Waals surface area contributed by atoms with Gasteiger partial charge in [0.2, 0.25) is 5.89 Å². The molecule has 1 atom stereocenters. The van der Waals surface area contributed by atoms with E-state index in [0.717, 1.165) is 36.4 Å². The number of aliphatic hydroxyl groups excluding tert-OH is 1. The summed E-state index contributed by atoms with van der Waals surface area (Å²) in [5, 5.41) is 19.3. The van der Waals surface area contributed by atoms with Gasteiger partial charge in [-0.1, -0.05) is 11.2 Å². The van der Waals surface area contributed by atoms with Gasteiger partial charge in [-0.05, 0) is 43.0 Å². The Hall–Kier alpha value is -1.93. The first-order valence-electron chi connectivity index (χ1n) is 9.27. The average molecular weight is 376 g/mol. The second-order valence-corrected chi connectivity index (χ2v) is 8.07. The van der Waals surface area contributed by atoms with Gasteiger partial charge in [-0.15, -0.1) is 11.3 Å². The highest BCUT2D eigenvalue weighted by Crippen LogP contribution is 2.38. The molecule has 1 aliphatic carbocycles. The Morgan fingerprint density at radius 2 is 2.19 bits per heavy atom. The van der Waals surface area contributed by atoms with Crippen LogP contribution >= 0.6 is 11.3 Å². The van der Waals surface area contributed by atoms with Crippen LogP contribution in [0.15, 0.2) is 22.0 Å². The Labute approximate surface area is 156 Å². The number of nitrogens with one attached hydrogen (secondary N) is 1. The highest BCUT2D eigenvalue weighted by atomic mass is 32.1. The van der Waals surface area contributed by atoms with Gasteiger partial charge in [-0.25, -0.2) is 4.79 Å². The fourth-order valence-electron chi connectivity index (χ4n) is 3.38. The molecule has 0 radical (unpaired) electrons. The Morgan fingerprint density at radius 3 is 2.88 bits per heavy atom. The molecular formula is C18H24N4O3S. The summed E-state index contributed by atoms with van der Waals surface area (Å²) >= 11 is 1.59. The number of hydrogen-bond donors (Lipinski definition) is 2. The second kappa shape index (κ2) is 7.75. The van der Waals surface area contributed by atoms with Crippen molar-refractivity contribution >= 4 is 17.4 Å². The normalized spacial score (nSPS) is 19.5. The van der Waals surface area contributed by atoms with E-state index in [4.69, 9.17) is 4.52 Å². The third-order valence-corrected chi connectivity index (χ3v) is 6.09. The molecule has 26 heavy (non-hydrogen) atoms. The molecule has 2 aliphatic rings. The zero-order chi connectivity index (χ0) is 17.9. The standard InChI is InChI=1S/C18H24N4O3S/c23-16(14-2-1-11-26-14)12-6-9-22(10-7-12)18(24)19-8-5-15-20-17(21-25-15)13-3-4-13/h1-2,11-13,16,23H,3-10H2,(H,19,24)/t16-/m1/s1.